The topological polar surface area (TPSA) is 230 Å². The Balaban J connectivity index is 0.000000343. The summed E-state index contributed by atoms with van der Waals surface area (Å²) in [6.45, 7) is 0. The van der Waals surface area contributed by atoms with Gasteiger partial charge in [0.05, 0.1) is 47.6 Å². The minimum absolute atomic E-state index is 0. The van der Waals surface area contributed by atoms with Crippen LogP contribution in [0.5, 0.6) is 40.2 Å². The van der Waals surface area contributed by atoms with E-state index in [9.17, 15) is 25.2 Å². The van der Waals surface area contributed by atoms with Gasteiger partial charge in [0.15, 0.2) is 34.5 Å². The zero-order chi connectivity index (χ0) is 25.0. The van der Waals surface area contributed by atoms with Crippen LogP contribution in [0, 0.1) is 0 Å². The Morgan fingerprint density at radius 2 is 0.778 bits per heavy atom. The maximum absolute atomic E-state index is 10.8. The first-order valence-electron chi connectivity index (χ1n) is 9.13. The second kappa shape index (κ2) is 12.1. The average Bonchev–Trinajstić information content (AvgIpc) is 2.80. The summed E-state index contributed by atoms with van der Waals surface area (Å²) in [4.78, 5) is 26.0. The summed E-state index contributed by atoms with van der Waals surface area (Å²) < 4.78 is 0. The Morgan fingerprint density at radius 3 is 1.06 bits per heavy atom. The molecule has 4 aromatic heterocycles. The zero-order valence-electron chi connectivity index (χ0n) is 17.2. The van der Waals surface area contributed by atoms with Crippen LogP contribution in [0.4, 0.5) is 0 Å². The van der Waals surface area contributed by atoms with E-state index in [2.05, 4.69) is 19.9 Å². The first-order valence-corrected chi connectivity index (χ1v) is 9.13. The minimum Gasteiger partial charge on any atom is -0.505 e. The standard InChI is InChI=1S/C11H8N2O5.C10H8N2O4.CH4.Cu/c14-8-2-7(13-4-10(8)16)6-1-5(11(17)18)9(15)3-12-6;13-7-1-5(11-3-9(7)15)6-2-8(14)10(16)4-12-6;;/h1-4,15-16H,(H,13,14)(H,17,18);1-4,15-16H,(H,11,13)(H,12,14);1H4;. The van der Waals surface area contributed by atoms with Crippen molar-refractivity contribution in [3.8, 4) is 63.0 Å². The SMILES string of the molecule is C.O=C(O)c1cc(-c2cc(O)c(O)cn2)ncc1O.Oc1cnc(-c2cc(O)c(O)cn2)cc1O.[Cu]. The molecule has 1 radical (unpaired) electrons. The average molecular weight is 548 g/mol. The third-order valence-corrected chi connectivity index (χ3v) is 4.22. The van der Waals surface area contributed by atoms with Crippen LogP contribution in [0.3, 0.4) is 0 Å². The van der Waals surface area contributed by atoms with Gasteiger partial charge in [0, 0.05) is 35.3 Å². The summed E-state index contributed by atoms with van der Waals surface area (Å²) in [5.74, 6) is -3.91. The first kappa shape index (κ1) is 29.2. The molecule has 4 heterocycles. The van der Waals surface area contributed by atoms with Crippen molar-refractivity contribution >= 4 is 5.97 Å². The number of aromatic carboxylic acids is 1. The number of aromatic nitrogens is 4. The second-order valence-corrected chi connectivity index (χ2v) is 6.57. The quantitative estimate of drug-likeness (QED) is 0.172. The molecule has 14 heteroatoms. The fraction of sp³-hybridized carbons (Fsp3) is 0.0455. The third-order valence-electron chi connectivity index (χ3n) is 4.22. The molecule has 0 atom stereocenters. The van der Waals surface area contributed by atoms with Crippen molar-refractivity contribution in [2.45, 2.75) is 7.43 Å². The van der Waals surface area contributed by atoms with Gasteiger partial charge in [-0.25, -0.2) is 4.79 Å². The maximum atomic E-state index is 10.8. The molecular formula is C22H20CuN4O9. The van der Waals surface area contributed by atoms with Crippen LogP contribution in [-0.2, 0) is 17.1 Å². The van der Waals surface area contributed by atoms with E-state index in [1.54, 1.807) is 0 Å². The molecule has 4 rings (SSSR count). The van der Waals surface area contributed by atoms with Gasteiger partial charge in [0.25, 0.3) is 0 Å². The van der Waals surface area contributed by atoms with E-state index < -0.39 is 23.2 Å². The number of pyridine rings is 4. The van der Waals surface area contributed by atoms with Gasteiger partial charge in [-0.2, -0.15) is 0 Å². The molecule has 0 spiro atoms. The molecule has 0 aliphatic carbocycles. The summed E-state index contributed by atoms with van der Waals surface area (Å²) in [6.07, 6.45) is 4.12. The van der Waals surface area contributed by atoms with Crippen LogP contribution in [0.15, 0.2) is 49.1 Å². The molecule has 4 aromatic rings. The van der Waals surface area contributed by atoms with Crippen LogP contribution in [0.2, 0.25) is 0 Å². The summed E-state index contributed by atoms with van der Waals surface area (Å²) in [5.41, 5.74) is 0.541. The monoisotopic (exact) mass is 547 g/mol. The van der Waals surface area contributed by atoms with Crippen molar-refractivity contribution in [2.24, 2.45) is 0 Å². The normalized spacial score (nSPS) is 9.67. The number of carboxylic acids is 1. The van der Waals surface area contributed by atoms with Gasteiger partial charge in [-0.3, -0.25) is 19.9 Å². The van der Waals surface area contributed by atoms with Gasteiger partial charge in [-0.05, 0) is 6.07 Å². The fourth-order valence-corrected chi connectivity index (χ4v) is 2.49. The molecule has 0 unspecified atom stereocenters. The van der Waals surface area contributed by atoms with Crippen LogP contribution in [0.25, 0.3) is 22.8 Å². The van der Waals surface area contributed by atoms with E-state index in [-0.39, 0.29) is 75.8 Å². The second-order valence-electron chi connectivity index (χ2n) is 6.57. The molecule has 13 nitrogen and oxygen atoms in total. The summed E-state index contributed by atoms with van der Waals surface area (Å²) in [5, 5.41) is 73.2. The van der Waals surface area contributed by atoms with Gasteiger partial charge in [0.1, 0.15) is 11.3 Å². The molecule has 8 N–H and O–H groups in total. The molecule has 0 amide bonds. The zero-order valence-corrected chi connectivity index (χ0v) is 18.1. The molecule has 0 aliphatic heterocycles. The number of hydrogen-bond acceptors (Lipinski definition) is 12. The first-order chi connectivity index (χ1) is 16.1. The molecular weight excluding hydrogens is 528 g/mol. The van der Waals surface area contributed by atoms with E-state index in [0.717, 1.165) is 36.9 Å². The van der Waals surface area contributed by atoms with E-state index in [1.807, 2.05) is 0 Å². The minimum atomic E-state index is -1.31. The molecule has 0 saturated carbocycles. The van der Waals surface area contributed by atoms with E-state index in [4.69, 9.17) is 20.4 Å². The Labute approximate surface area is 213 Å². The largest absolute Gasteiger partial charge is 0.505 e. The predicted molar refractivity (Wildman–Crippen MR) is 120 cm³/mol. The van der Waals surface area contributed by atoms with Crippen molar-refractivity contribution < 1.29 is 62.7 Å². The van der Waals surface area contributed by atoms with Gasteiger partial charge < -0.3 is 40.9 Å². The van der Waals surface area contributed by atoms with Gasteiger partial charge in [-0.1, -0.05) is 7.43 Å². The summed E-state index contributed by atoms with van der Waals surface area (Å²) >= 11 is 0. The Morgan fingerprint density at radius 1 is 0.500 bits per heavy atom. The van der Waals surface area contributed by atoms with E-state index in [0.29, 0.717) is 0 Å². The summed E-state index contributed by atoms with van der Waals surface area (Å²) in [6, 6.07) is 4.67. The number of aromatic hydroxyl groups is 7. The van der Waals surface area contributed by atoms with Crippen LogP contribution < -0.4 is 0 Å². The number of rotatable bonds is 3. The number of nitrogens with zero attached hydrogens (tertiary/aromatic N) is 4. The maximum Gasteiger partial charge on any atom is 0.339 e. The fourth-order valence-electron chi connectivity index (χ4n) is 2.49. The van der Waals surface area contributed by atoms with Gasteiger partial charge in [0.2, 0.25) is 0 Å². The molecule has 0 aromatic carbocycles. The Kier molecular flexibility index (Phi) is 9.79. The molecule has 0 saturated heterocycles. The smallest absolute Gasteiger partial charge is 0.339 e. The van der Waals surface area contributed by atoms with Crippen LogP contribution >= 0.6 is 0 Å². The molecule has 36 heavy (non-hydrogen) atoms. The van der Waals surface area contributed by atoms with Crippen LogP contribution in [0.1, 0.15) is 17.8 Å². The van der Waals surface area contributed by atoms with E-state index >= 15 is 0 Å². The molecule has 0 fully saturated rings. The van der Waals surface area contributed by atoms with Crippen molar-refractivity contribution in [3.05, 3.63) is 54.6 Å². The molecule has 0 bridgehead atoms. The van der Waals surface area contributed by atoms with Crippen molar-refractivity contribution in [2.75, 3.05) is 0 Å². The predicted octanol–water partition coefficient (Wildman–Crippen LogP) is 2.56. The number of carbonyl (C=O) groups is 1. The third kappa shape index (κ3) is 6.62. The van der Waals surface area contributed by atoms with Gasteiger partial charge >= 0.3 is 5.97 Å². The molecule has 193 valence electrons. The molecule has 0 aliphatic rings. The van der Waals surface area contributed by atoms with Crippen molar-refractivity contribution in [1.82, 2.24) is 19.9 Å². The van der Waals surface area contributed by atoms with Crippen molar-refractivity contribution in [1.29, 1.82) is 0 Å². The Hall–Kier alpha value is -4.81. The van der Waals surface area contributed by atoms with Gasteiger partial charge in [-0.15, -0.1) is 0 Å². The number of carboxylic acid groups (broad SMARTS) is 1. The Bertz CT molecular complexity index is 1340. The van der Waals surface area contributed by atoms with E-state index in [1.165, 1.54) is 12.1 Å². The summed E-state index contributed by atoms with van der Waals surface area (Å²) in [7, 11) is 0. The van der Waals surface area contributed by atoms with Crippen molar-refractivity contribution in [3.63, 3.8) is 0 Å². The number of hydrogen-bond donors (Lipinski definition) is 8. The van der Waals surface area contributed by atoms with Crippen LogP contribution in [-0.4, -0.2) is 66.8 Å².